The third-order valence-electron chi connectivity index (χ3n) is 4.86. The molecule has 1 aliphatic rings. The molecule has 140 valence electrons. The van der Waals surface area contributed by atoms with Crippen LogP contribution in [0.1, 0.15) is 33.1 Å². The summed E-state index contributed by atoms with van der Waals surface area (Å²) >= 11 is 0. The van der Waals surface area contributed by atoms with Gasteiger partial charge in [-0.3, -0.25) is 19.5 Å². The smallest absolute Gasteiger partial charge is 0.407 e. The van der Waals surface area contributed by atoms with Gasteiger partial charge in [0, 0.05) is 32.1 Å². The van der Waals surface area contributed by atoms with Crippen molar-refractivity contribution >= 4 is 22.7 Å². The van der Waals surface area contributed by atoms with E-state index in [1.807, 2.05) is 4.90 Å². The van der Waals surface area contributed by atoms with Crippen molar-refractivity contribution in [2.75, 3.05) is 13.1 Å². The Labute approximate surface area is 150 Å². The normalized spacial score (nSPS) is 20.5. The Morgan fingerprint density at radius 2 is 2.00 bits per heavy atom. The molecule has 8 nitrogen and oxygen atoms in total. The Hall–Kier alpha value is -2.64. The van der Waals surface area contributed by atoms with Gasteiger partial charge in [0.15, 0.2) is 5.58 Å². The minimum Gasteiger partial charge on any atom is -0.407 e. The van der Waals surface area contributed by atoms with E-state index in [4.69, 9.17) is 4.42 Å². The zero-order valence-corrected chi connectivity index (χ0v) is 15.0. The van der Waals surface area contributed by atoms with E-state index in [0.29, 0.717) is 36.7 Å². The first-order valence-corrected chi connectivity index (χ1v) is 8.90. The Balaban J connectivity index is 1.64. The number of piperidine rings is 1. The van der Waals surface area contributed by atoms with Crippen molar-refractivity contribution in [1.82, 2.24) is 9.47 Å². The number of benzene rings is 1. The standard InChI is InChI=1S/C18H23N3O5/c1-12-8-13(2)11-19(10-12)17(22)4-3-7-20-15-6-5-14(21(24)25)9-16(15)26-18(20)23/h5-6,9,12-13H,3-4,7-8,10-11H2,1-2H3. The van der Waals surface area contributed by atoms with Crippen LogP contribution in [0.15, 0.2) is 27.4 Å². The summed E-state index contributed by atoms with van der Waals surface area (Å²) in [5.41, 5.74) is 0.574. The lowest BCUT2D eigenvalue weighted by Crippen LogP contribution is -2.42. The van der Waals surface area contributed by atoms with Crippen molar-refractivity contribution in [3.05, 3.63) is 38.9 Å². The molecule has 26 heavy (non-hydrogen) atoms. The molecule has 2 atom stereocenters. The highest BCUT2D eigenvalue weighted by atomic mass is 16.6. The van der Waals surface area contributed by atoms with Gasteiger partial charge in [-0.1, -0.05) is 13.8 Å². The number of nitro groups is 1. The summed E-state index contributed by atoms with van der Waals surface area (Å²) in [6, 6.07) is 4.10. The number of non-ortho nitro benzene ring substituents is 1. The highest BCUT2D eigenvalue weighted by Gasteiger charge is 2.25. The van der Waals surface area contributed by atoms with Gasteiger partial charge < -0.3 is 9.32 Å². The van der Waals surface area contributed by atoms with E-state index < -0.39 is 10.7 Å². The largest absolute Gasteiger partial charge is 0.419 e. The van der Waals surface area contributed by atoms with Crippen LogP contribution in [0.4, 0.5) is 5.69 Å². The van der Waals surface area contributed by atoms with Crippen LogP contribution in [0.2, 0.25) is 0 Å². The second-order valence-corrected chi connectivity index (χ2v) is 7.28. The number of carbonyl (C=O) groups excluding carboxylic acids is 1. The Kier molecular flexibility index (Phi) is 5.11. The fraction of sp³-hybridized carbons (Fsp3) is 0.556. The second kappa shape index (κ2) is 7.31. The van der Waals surface area contributed by atoms with Crippen molar-refractivity contribution in [2.24, 2.45) is 11.8 Å². The molecule has 0 aliphatic carbocycles. The molecule has 1 aliphatic heterocycles. The number of nitro benzene ring substituents is 1. The molecule has 2 heterocycles. The van der Waals surface area contributed by atoms with E-state index >= 15 is 0 Å². The van der Waals surface area contributed by atoms with Crippen molar-refractivity contribution < 1.29 is 14.1 Å². The Morgan fingerprint density at radius 1 is 1.31 bits per heavy atom. The molecule has 1 saturated heterocycles. The first kappa shape index (κ1) is 18.2. The highest BCUT2D eigenvalue weighted by Crippen LogP contribution is 2.22. The molecule has 0 N–H and O–H groups in total. The van der Waals surface area contributed by atoms with Gasteiger partial charge in [-0.05, 0) is 30.7 Å². The molecular weight excluding hydrogens is 338 g/mol. The van der Waals surface area contributed by atoms with Crippen LogP contribution in [0.25, 0.3) is 11.1 Å². The first-order valence-electron chi connectivity index (χ1n) is 8.90. The maximum atomic E-state index is 12.4. The van der Waals surface area contributed by atoms with Gasteiger partial charge in [0.05, 0.1) is 16.5 Å². The van der Waals surface area contributed by atoms with Crippen molar-refractivity contribution in [1.29, 1.82) is 0 Å². The van der Waals surface area contributed by atoms with E-state index in [0.717, 1.165) is 19.5 Å². The molecule has 0 saturated carbocycles. The number of aromatic nitrogens is 1. The lowest BCUT2D eigenvalue weighted by Gasteiger charge is -2.35. The lowest BCUT2D eigenvalue weighted by molar-refractivity contribution is -0.384. The number of rotatable bonds is 5. The van der Waals surface area contributed by atoms with E-state index in [9.17, 15) is 19.7 Å². The highest BCUT2D eigenvalue weighted by molar-refractivity contribution is 5.77. The molecule has 0 radical (unpaired) electrons. The zero-order chi connectivity index (χ0) is 18.8. The van der Waals surface area contributed by atoms with Crippen LogP contribution in [0.3, 0.4) is 0 Å². The fourth-order valence-corrected chi connectivity index (χ4v) is 3.79. The summed E-state index contributed by atoms with van der Waals surface area (Å²) in [6.45, 7) is 6.25. The summed E-state index contributed by atoms with van der Waals surface area (Å²) in [5.74, 6) is 0.575. The minimum atomic E-state index is -0.562. The quantitative estimate of drug-likeness (QED) is 0.602. The third kappa shape index (κ3) is 3.79. The average molecular weight is 361 g/mol. The van der Waals surface area contributed by atoms with Gasteiger partial charge in [-0.15, -0.1) is 0 Å². The SMILES string of the molecule is CC1CC(C)CN(C(=O)CCCn2c(=O)oc3cc([N+](=O)[O-])ccc32)C1. The number of likely N-dealkylation sites (tertiary alicyclic amines) is 1. The third-order valence-corrected chi connectivity index (χ3v) is 4.86. The Bertz CT molecular complexity index is 875. The van der Waals surface area contributed by atoms with Gasteiger partial charge >= 0.3 is 5.76 Å². The van der Waals surface area contributed by atoms with Crippen LogP contribution in [0, 0.1) is 22.0 Å². The second-order valence-electron chi connectivity index (χ2n) is 7.28. The zero-order valence-electron chi connectivity index (χ0n) is 15.0. The number of nitrogens with zero attached hydrogens (tertiary/aromatic N) is 3. The number of hydrogen-bond donors (Lipinski definition) is 0. The molecule has 1 fully saturated rings. The maximum absolute atomic E-state index is 12.4. The average Bonchev–Trinajstić information content (AvgIpc) is 2.88. The summed E-state index contributed by atoms with van der Waals surface area (Å²) in [5, 5.41) is 10.8. The van der Waals surface area contributed by atoms with Gasteiger partial charge in [0.2, 0.25) is 5.91 Å². The number of oxazole rings is 1. The first-order chi connectivity index (χ1) is 12.3. The molecule has 1 aromatic carbocycles. The Morgan fingerprint density at radius 3 is 2.65 bits per heavy atom. The van der Waals surface area contributed by atoms with E-state index in [2.05, 4.69) is 13.8 Å². The van der Waals surface area contributed by atoms with Crippen molar-refractivity contribution in [2.45, 2.75) is 39.7 Å². The molecule has 2 aromatic rings. The van der Waals surface area contributed by atoms with E-state index in [1.165, 1.54) is 22.8 Å². The molecule has 3 rings (SSSR count). The van der Waals surface area contributed by atoms with Gasteiger partial charge in [0.25, 0.3) is 5.69 Å². The number of amides is 1. The van der Waals surface area contributed by atoms with Crippen molar-refractivity contribution in [3.8, 4) is 0 Å². The molecule has 0 bridgehead atoms. The van der Waals surface area contributed by atoms with Crippen LogP contribution in [0.5, 0.6) is 0 Å². The lowest BCUT2D eigenvalue weighted by atomic mass is 9.91. The molecule has 8 heteroatoms. The summed E-state index contributed by atoms with van der Waals surface area (Å²) in [7, 11) is 0. The molecule has 1 amide bonds. The molecular formula is C18H23N3O5. The van der Waals surface area contributed by atoms with Crippen molar-refractivity contribution in [3.63, 3.8) is 0 Å². The van der Waals surface area contributed by atoms with Crippen LogP contribution in [-0.4, -0.2) is 33.4 Å². The number of hydrogen-bond acceptors (Lipinski definition) is 5. The number of aryl methyl sites for hydroxylation is 1. The molecule has 0 spiro atoms. The maximum Gasteiger partial charge on any atom is 0.419 e. The predicted octanol–water partition coefficient (Wildman–Crippen LogP) is 2.79. The monoisotopic (exact) mass is 361 g/mol. The minimum absolute atomic E-state index is 0.111. The summed E-state index contributed by atoms with van der Waals surface area (Å²) in [6.07, 6.45) is 2.03. The molecule has 1 aromatic heterocycles. The van der Waals surface area contributed by atoms with Crippen LogP contribution >= 0.6 is 0 Å². The summed E-state index contributed by atoms with van der Waals surface area (Å²) < 4.78 is 6.52. The van der Waals surface area contributed by atoms with Crippen LogP contribution < -0.4 is 5.76 Å². The van der Waals surface area contributed by atoms with E-state index in [-0.39, 0.29) is 17.2 Å². The predicted molar refractivity (Wildman–Crippen MR) is 95.9 cm³/mol. The topological polar surface area (TPSA) is 98.6 Å². The van der Waals surface area contributed by atoms with Crippen LogP contribution in [-0.2, 0) is 11.3 Å². The fourth-order valence-electron chi connectivity index (χ4n) is 3.79. The number of fused-ring (bicyclic) bond motifs is 1. The van der Waals surface area contributed by atoms with Gasteiger partial charge in [-0.25, -0.2) is 4.79 Å². The molecule has 2 unspecified atom stereocenters. The summed E-state index contributed by atoms with van der Waals surface area (Å²) in [4.78, 5) is 36.6. The van der Waals surface area contributed by atoms with Gasteiger partial charge in [0.1, 0.15) is 0 Å². The van der Waals surface area contributed by atoms with E-state index in [1.54, 1.807) is 0 Å². The number of carbonyl (C=O) groups is 1. The van der Waals surface area contributed by atoms with Gasteiger partial charge in [-0.2, -0.15) is 0 Å².